The van der Waals surface area contributed by atoms with Crippen molar-refractivity contribution in [1.82, 2.24) is 24.3 Å². The van der Waals surface area contributed by atoms with Crippen molar-refractivity contribution in [2.24, 2.45) is 0 Å². The van der Waals surface area contributed by atoms with Crippen LogP contribution in [0.1, 0.15) is 24.7 Å². The second-order valence-electron chi connectivity index (χ2n) is 4.99. The highest BCUT2D eigenvalue weighted by Gasteiger charge is 2.19. The van der Waals surface area contributed by atoms with Crippen molar-refractivity contribution in [2.75, 3.05) is 6.54 Å². The smallest absolute Gasteiger partial charge is 0.243 e. The van der Waals surface area contributed by atoms with E-state index in [4.69, 9.17) is 11.6 Å². The van der Waals surface area contributed by atoms with Crippen LogP contribution in [0.5, 0.6) is 0 Å². The normalized spacial score (nSPS) is 12.0. The van der Waals surface area contributed by atoms with E-state index in [0.717, 1.165) is 5.69 Å². The highest BCUT2D eigenvalue weighted by molar-refractivity contribution is 7.89. The van der Waals surface area contributed by atoms with Crippen LogP contribution in [-0.2, 0) is 23.1 Å². The average Bonchev–Trinajstić information content (AvgIpc) is 3.00. The summed E-state index contributed by atoms with van der Waals surface area (Å²) in [5, 5.41) is 8.90. The Morgan fingerprint density at radius 1 is 1.36 bits per heavy atom. The van der Waals surface area contributed by atoms with Gasteiger partial charge in [-0.1, -0.05) is 11.6 Å². The summed E-state index contributed by atoms with van der Waals surface area (Å²) in [7, 11) is -3.53. The number of aryl methyl sites for hydroxylation is 3. The molecule has 0 aliphatic carbocycles. The minimum Gasteiger partial charge on any atom is -0.271 e. The van der Waals surface area contributed by atoms with Crippen LogP contribution >= 0.6 is 11.6 Å². The molecule has 0 radical (unpaired) electrons. The number of sulfonamides is 1. The second-order valence-corrected chi connectivity index (χ2v) is 7.13. The molecule has 0 aromatic carbocycles. The number of hydrogen-bond donors (Lipinski definition) is 1. The number of rotatable bonds is 7. The Hall–Kier alpha value is -1.38. The van der Waals surface area contributed by atoms with Crippen LogP contribution < -0.4 is 4.72 Å². The standard InChI is InChI=1S/C13H20ClN5O2S/c1-4-18-9-13(10(2)17-18)22(20,21)16-6-5-7-19-11(3)12(14)8-15-19/h8-9,16H,4-7H2,1-3H3. The number of nitrogens with zero attached hydrogens (tertiary/aromatic N) is 4. The summed E-state index contributed by atoms with van der Waals surface area (Å²) in [6, 6.07) is 0. The molecule has 0 fully saturated rings. The van der Waals surface area contributed by atoms with Crippen molar-refractivity contribution >= 4 is 21.6 Å². The van der Waals surface area contributed by atoms with E-state index in [1.165, 1.54) is 0 Å². The van der Waals surface area contributed by atoms with E-state index in [1.54, 1.807) is 28.7 Å². The highest BCUT2D eigenvalue weighted by Crippen LogP contribution is 2.14. The van der Waals surface area contributed by atoms with E-state index in [1.807, 2.05) is 13.8 Å². The summed E-state index contributed by atoms with van der Waals surface area (Å²) in [6.45, 7) is 7.05. The molecule has 2 rings (SSSR count). The summed E-state index contributed by atoms with van der Waals surface area (Å²) in [6.07, 6.45) is 3.76. The lowest BCUT2D eigenvalue weighted by atomic mass is 10.4. The molecule has 2 heterocycles. The van der Waals surface area contributed by atoms with E-state index < -0.39 is 10.0 Å². The van der Waals surface area contributed by atoms with Gasteiger partial charge in [-0.15, -0.1) is 0 Å². The van der Waals surface area contributed by atoms with Crippen molar-refractivity contribution in [3.63, 3.8) is 0 Å². The van der Waals surface area contributed by atoms with Gasteiger partial charge in [0.15, 0.2) is 0 Å². The number of halogens is 1. The first-order valence-electron chi connectivity index (χ1n) is 7.06. The molecule has 1 N–H and O–H groups in total. The minimum absolute atomic E-state index is 0.229. The van der Waals surface area contributed by atoms with E-state index in [9.17, 15) is 8.42 Å². The van der Waals surface area contributed by atoms with Crippen LogP contribution in [0.2, 0.25) is 5.02 Å². The Morgan fingerprint density at radius 2 is 2.09 bits per heavy atom. The molecule has 0 saturated carbocycles. The molecule has 0 aliphatic heterocycles. The molecule has 0 unspecified atom stereocenters. The minimum atomic E-state index is -3.53. The second kappa shape index (κ2) is 6.80. The molecule has 122 valence electrons. The first-order chi connectivity index (χ1) is 10.3. The number of nitrogens with one attached hydrogen (secondary N) is 1. The van der Waals surface area contributed by atoms with Gasteiger partial charge in [0.1, 0.15) is 4.90 Å². The molecule has 0 atom stereocenters. The third-order valence-electron chi connectivity index (χ3n) is 3.40. The molecular formula is C13H20ClN5O2S. The molecule has 0 spiro atoms. The maximum Gasteiger partial charge on any atom is 0.243 e. The van der Waals surface area contributed by atoms with Gasteiger partial charge >= 0.3 is 0 Å². The Balaban J connectivity index is 1.92. The molecule has 0 bridgehead atoms. The summed E-state index contributed by atoms with van der Waals surface area (Å²) >= 11 is 5.92. The predicted octanol–water partition coefficient (Wildman–Crippen LogP) is 1.74. The summed E-state index contributed by atoms with van der Waals surface area (Å²) < 4.78 is 30.5. The van der Waals surface area contributed by atoms with E-state index in [-0.39, 0.29) is 4.90 Å². The molecule has 0 aliphatic rings. The van der Waals surface area contributed by atoms with Gasteiger partial charge in [0, 0.05) is 25.8 Å². The van der Waals surface area contributed by atoms with E-state index in [0.29, 0.717) is 36.8 Å². The van der Waals surface area contributed by atoms with Crippen LogP contribution in [0.15, 0.2) is 17.3 Å². The lowest BCUT2D eigenvalue weighted by molar-refractivity contribution is 0.546. The van der Waals surface area contributed by atoms with Gasteiger partial charge < -0.3 is 0 Å². The SMILES string of the molecule is CCn1cc(S(=O)(=O)NCCCn2ncc(Cl)c2C)c(C)n1. The van der Waals surface area contributed by atoms with Gasteiger partial charge in [-0.2, -0.15) is 10.2 Å². The van der Waals surface area contributed by atoms with Crippen molar-refractivity contribution < 1.29 is 8.42 Å². The lowest BCUT2D eigenvalue weighted by Crippen LogP contribution is -2.26. The maximum absolute atomic E-state index is 12.3. The Kier molecular flexibility index (Phi) is 5.25. The molecule has 0 amide bonds. The summed E-state index contributed by atoms with van der Waals surface area (Å²) in [5.41, 5.74) is 1.38. The summed E-state index contributed by atoms with van der Waals surface area (Å²) in [5.74, 6) is 0. The van der Waals surface area contributed by atoms with Gasteiger partial charge in [0.25, 0.3) is 0 Å². The van der Waals surface area contributed by atoms with Crippen LogP contribution in [0.4, 0.5) is 0 Å². The van der Waals surface area contributed by atoms with Gasteiger partial charge in [-0.3, -0.25) is 9.36 Å². The zero-order valence-electron chi connectivity index (χ0n) is 12.9. The van der Waals surface area contributed by atoms with Crippen LogP contribution in [0.25, 0.3) is 0 Å². The Bertz CT molecular complexity index is 751. The lowest BCUT2D eigenvalue weighted by Gasteiger charge is -2.07. The fourth-order valence-electron chi connectivity index (χ4n) is 2.09. The largest absolute Gasteiger partial charge is 0.271 e. The van der Waals surface area contributed by atoms with Crippen molar-refractivity contribution in [3.8, 4) is 0 Å². The van der Waals surface area contributed by atoms with Gasteiger partial charge in [0.2, 0.25) is 10.0 Å². The Labute approximate surface area is 135 Å². The van der Waals surface area contributed by atoms with Crippen molar-refractivity contribution in [2.45, 2.75) is 45.2 Å². The zero-order valence-corrected chi connectivity index (χ0v) is 14.4. The predicted molar refractivity (Wildman–Crippen MR) is 84.4 cm³/mol. The van der Waals surface area contributed by atoms with Gasteiger partial charge in [-0.25, -0.2) is 13.1 Å². The third kappa shape index (κ3) is 3.68. The maximum atomic E-state index is 12.3. The van der Waals surface area contributed by atoms with Gasteiger partial charge in [-0.05, 0) is 27.2 Å². The molecule has 0 saturated heterocycles. The number of hydrogen-bond acceptors (Lipinski definition) is 4. The summed E-state index contributed by atoms with van der Waals surface area (Å²) in [4.78, 5) is 0.229. The first kappa shape index (κ1) is 17.0. The van der Waals surface area contributed by atoms with Crippen molar-refractivity contribution in [3.05, 3.63) is 28.8 Å². The molecule has 2 aromatic rings. The van der Waals surface area contributed by atoms with E-state index in [2.05, 4.69) is 14.9 Å². The first-order valence-corrected chi connectivity index (χ1v) is 8.93. The molecule has 22 heavy (non-hydrogen) atoms. The monoisotopic (exact) mass is 345 g/mol. The third-order valence-corrected chi connectivity index (χ3v) is 5.33. The molecular weight excluding hydrogens is 326 g/mol. The molecule has 7 nitrogen and oxygen atoms in total. The van der Waals surface area contributed by atoms with E-state index >= 15 is 0 Å². The highest BCUT2D eigenvalue weighted by atomic mass is 35.5. The van der Waals surface area contributed by atoms with Crippen LogP contribution in [-0.4, -0.2) is 34.5 Å². The fraction of sp³-hybridized carbons (Fsp3) is 0.538. The molecule has 2 aromatic heterocycles. The topological polar surface area (TPSA) is 81.8 Å². The van der Waals surface area contributed by atoms with Gasteiger partial charge in [0.05, 0.1) is 22.6 Å². The zero-order chi connectivity index (χ0) is 16.3. The number of aromatic nitrogens is 4. The van der Waals surface area contributed by atoms with Crippen LogP contribution in [0, 0.1) is 13.8 Å². The molecule has 9 heteroatoms. The average molecular weight is 346 g/mol. The van der Waals surface area contributed by atoms with Crippen LogP contribution in [0.3, 0.4) is 0 Å². The fourth-order valence-corrected chi connectivity index (χ4v) is 3.49. The Morgan fingerprint density at radius 3 is 2.64 bits per heavy atom. The quantitative estimate of drug-likeness (QED) is 0.775. The van der Waals surface area contributed by atoms with Crippen molar-refractivity contribution in [1.29, 1.82) is 0 Å².